The topological polar surface area (TPSA) is 12.9 Å². The zero-order valence-corrected chi connectivity index (χ0v) is 11.8. The van der Waals surface area contributed by atoms with Crippen molar-refractivity contribution in [1.29, 1.82) is 0 Å². The van der Waals surface area contributed by atoms with E-state index in [1.807, 2.05) is 42.7 Å². The van der Waals surface area contributed by atoms with Gasteiger partial charge in [0.2, 0.25) is 0 Å². The van der Waals surface area contributed by atoms with Crippen molar-refractivity contribution < 1.29 is 0 Å². The Morgan fingerprint density at radius 1 is 1.12 bits per heavy atom. The van der Waals surface area contributed by atoms with Crippen LogP contribution in [-0.2, 0) is 0 Å². The first-order valence-electron chi connectivity index (χ1n) is 5.48. The van der Waals surface area contributed by atoms with Crippen molar-refractivity contribution in [2.75, 3.05) is 0 Å². The Kier molecular flexibility index (Phi) is 4.19. The second kappa shape index (κ2) is 5.65. The van der Waals surface area contributed by atoms with E-state index in [2.05, 4.69) is 33.9 Å². The SMILES string of the molecule is CC(c1ccncc1)C(Br)c1cccc(Cl)c1. The molecule has 1 aromatic heterocycles. The number of halogens is 2. The molecular weight excluding hydrogens is 298 g/mol. The van der Waals surface area contributed by atoms with Gasteiger partial charge in [-0.05, 0) is 41.3 Å². The van der Waals surface area contributed by atoms with Crippen molar-refractivity contribution in [2.45, 2.75) is 17.7 Å². The van der Waals surface area contributed by atoms with Crippen LogP contribution < -0.4 is 0 Å². The molecule has 2 atom stereocenters. The molecule has 0 saturated heterocycles. The van der Waals surface area contributed by atoms with Crippen LogP contribution in [0.1, 0.15) is 28.8 Å². The quantitative estimate of drug-likeness (QED) is 0.729. The first-order valence-corrected chi connectivity index (χ1v) is 6.77. The van der Waals surface area contributed by atoms with Crippen LogP contribution in [0.3, 0.4) is 0 Å². The molecular formula is C14H13BrClN. The van der Waals surface area contributed by atoms with E-state index < -0.39 is 0 Å². The minimum atomic E-state index is 0.253. The van der Waals surface area contributed by atoms with Crippen LogP contribution >= 0.6 is 27.5 Å². The van der Waals surface area contributed by atoms with Crippen molar-refractivity contribution >= 4 is 27.5 Å². The number of nitrogens with zero attached hydrogens (tertiary/aromatic N) is 1. The highest BCUT2D eigenvalue weighted by atomic mass is 79.9. The summed E-state index contributed by atoms with van der Waals surface area (Å²) in [5.74, 6) is 0.372. The van der Waals surface area contributed by atoms with E-state index in [0.29, 0.717) is 5.92 Å². The Morgan fingerprint density at radius 2 is 1.82 bits per heavy atom. The molecule has 0 amide bonds. The van der Waals surface area contributed by atoms with Gasteiger partial charge in [-0.15, -0.1) is 0 Å². The second-order valence-electron chi connectivity index (χ2n) is 4.03. The molecule has 0 bridgehead atoms. The molecule has 0 aliphatic carbocycles. The summed E-state index contributed by atoms with van der Waals surface area (Å²) >= 11 is 9.75. The number of alkyl halides is 1. The lowest BCUT2D eigenvalue weighted by Crippen LogP contribution is -2.02. The predicted molar refractivity (Wildman–Crippen MR) is 75.8 cm³/mol. The molecule has 0 aliphatic heterocycles. The van der Waals surface area contributed by atoms with Crippen molar-refractivity contribution in [3.05, 3.63) is 64.9 Å². The number of aromatic nitrogens is 1. The van der Waals surface area contributed by atoms with Gasteiger partial charge in [0, 0.05) is 22.2 Å². The summed E-state index contributed by atoms with van der Waals surface area (Å²) in [6.45, 7) is 2.19. The average Bonchev–Trinajstić information content (AvgIpc) is 2.38. The summed E-state index contributed by atoms with van der Waals surface area (Å²) in [5, 5.41) is 0.772. The molecule has 2 rings (SSSR count). The molecule has 1 aromatic carbocycles. The molecule has 17 heavy (non-hydrogen) atoms. The molecule has 1 nitrogen and oxygen atoms in total. The molecule has 2 aromatic rings. The lowest BCUT2D eigenvalue weighted by atomic mass is 9.94. The summed E-state index contributed by atoms with van der Waals surface area (Å²) in [5.41, 5.74) is 2.46. The Hall–Kier alpha value is -0.860. The first kappa shape index (κ1) is 12.6. The van der Waals surface area contributed by atoms with E-state index in [9.17, 15) is 0 Å². The molecule has 0 aliphatic rings. The smallest absolute Gasteiger partial charge is 0.0461 e. The maximum absolute atomic E-state index is 6.01. The highest BCUT2D eigenvalue weighted by Gasteiger charge is 2.17. The van der Waals surface area contributed by atoms with Crippen LogP contribution in [-0.4, -0.2) is 4.98 Å². The number of pyridine rings is 1. The van der Waals surface area contributed by atoms with Gasteiger partial charge in [-0.25, -0.2) is 0 Å². The Labute approximate surface area is 115 Å². The molecule has 0 radical (unpaired) electrons. The number of benzene rings is 1. The van der Waals surface area contributed by atoms with Crippen LogP contribution in [0.25, 0.3) is 0 Å². The van der Waals surface area contributed by atoms with E-state index in [0.717, 1.165) is 5.02 Å². The summed E-state index contributed by atoms with van der Waals surface area (Å²) in [6.07, 6.45) is 3.65. The van der Waals surface area contributed by atoms with E-state index in [4.69, 9.17) is 11.6 Å². The maximum Gasteiger partial charge on any atom is 0.0461 e. The van der Waals surface area contributed by atoms with Gasteiger partial charge in [0.1, 0.15) is 0 Å². The molecule has 2 unspecified atom stereocenters. The molecule has 0 N–H and O–H groups in total. The van der Waals surface area contributed by atoms with E-state index in [-0.39, 0.29) is 4.83 Å². The lowest BCUT2D eigenvalue weighted by molar-refractivity contribution is 0.750. The fraction of sp³-hybridized carbons (Fsp3) is 0.214. The van der Waals surface area contributed by atoms with Gasteiger partial charge in [0.15, 0.2) is 0 Å². The van der Waals surface area contributed by atoms with Crippen LogP contribution in [0, 0.1) is 0 Å². The third-order valence-electron chi connectivity index (χ3n) is 2.84. The monoisotopic (exact) mass is 309 g/mol. The largest absolute Gasteiger partial charge is 0.265 e. The lowest BCUT2D eigenvalue weighted by Gasteiger charge is -2.19. The molecule has 3 heteroatoms. The number of hydrogen-bond acceptors (Lipinski definition) is 1. The van der Waals surface area contributed by atoms with Gasteiger partial charge < -0.3 is 0 Å². The zero-order chi connectivity index (χ0) is 12.3. The second-order valence-corrected chi connectivity index (χ2v) is 5.45. The minimum absolute atomic E-state index is 0.253. The van der Waals surface area contributed by atoms with Gasteiger partial charge >= 0.3 is 0 Å². The first-order chi connectivity index (χ1) is 8.18. The summed E-state index contributed by atoms with van der Waals surface area (Å²) in [7, 11) is 0. The van der Waals surface area contributed by atoms with Crippen LogP contribution in [0.4, 0.5) is 0 Å². The maximum atomic E-state index is 6.01. The van der Waals surface area contributed by atoms with Crippen molar-refractivity contribution in [2.24, 2.45) is 0 Å². The fourth-order valence-electron chi connectivity index (χ4n) is 1.80. The number of hydrogen-bond donors (Lipinski definition) is 0. The molecule has 0 spiro atoms. The van der Waals surface area contributed by atoms with Crippen LogP contribution in [0.5, 0.6) is 0 Å². The zero-order valence-electron chi connectivity index (χ0n) is 9.48. The Bertz CT molecular complexity index is 487. The molecule has 88 valence electrons. The van der Waals surface area contributed by atoms with Crippen molar-refractivity contribution in [3.63, 3.8) is 0 Å². The normalized spacial score (nSPS) is 14.3. The van der Waals surface area contributed by atoms with E-state index in [1.165, 1.54) is 11.1 Å². The predicted octanol–water partition coefficient (Wildman–Crippen LogP) is 4.97. The van der Waals surface area contributed by atoms with Crippen LogP contribution in [0.2, 0.25) is 5.02 Å². The van der Waals surface area contributed by atoms with Gasteiger partial charge in [0.05, 0.1) is 0 Å². The molecule has 0 saturated carbocycles. The standard InChI is InChI=1S/C14H13BrClN/c1-10(11-5-7-17-8-6-11)14(15)12-3-2-4-13(16)9-12/h2-10,14H,1H3. The Balaban J connectivity index is 2.23. The third kappa shape index (κ3) is 3.08. The molecule has 1 heterocycles. The van der Waals surface area contributed by atoms with Gasteiger partial charge in [-0.3, -0.25) is 4.98 Å². The van der Waals surface area contributed by atoms with Crippen molar-refractivity contribution in [1.82, 2.24) is 4.98 Å². The number of rotatable bonds is 3. The third-order valence-corrected chi connectivity index (χ3v) is 4.39. The molecule has 0 fully saturated rings. The summed E-state index contributed by atoms with van der Waals surface area (Å²) in [4.78, 5) is 4.29. The fourth-order valence-corrected chi connectivity index (χ4v) is 2.59. The van der Waals surface area contributed by atoms with E-state index >= 15 is 0 Å². The minimum Gasteiger partial charge on any atom is -0.265 e. The van der Waals surface area contributed by atoms with Crippen LogP contribution in [0.15, 0.2) is 48.8 Å². The van der Waals surface area contributed by atoms with Gasteiger partial charge in [0.25, 0.3) is 0 Å². The van der Waals surface area contributed by atoms with Gasteiger partial charge in [-0.2, -0.15) is 0 Å². The summed E-state index contributed by atoms with van der Waals surface area (Å²) < 4.78 is 0. The Morgan fingerprint density at radius 3 is 2.47 bits per heavy atom. The van der Waals surface area contributed by atoms with Crippen molar-refractivity contribution in [3.8, 4) is 0 Å². The highest BCUT2D eigenvalue weighted by Crippen LogP contribution is 2.37. The van der Waals surface area contributed by atoms with Gasteiger partial charge in [-0.1, -0.05) is 46.6 Å². The summed E-state index contributed by atoms with van der Waals surface area (Å²) in [6, 6.07) is 12.0. The van der Waals surface area contributed by atoms with E-state index in [1.54, 1.807) is 0 Å². The highest BCUT2D eigenvalue weighted by molar-refractivity contribution is 9.09. The average molecular weight is 311 g/mol.